The minimum atomic E-state index is -0.690. The van der Waals surface area contributed by atoms with Crippen LogP contribution < -0.4 is 0 Å². The van der Waals surface area contributed by atoms with Crippen LogP contribution in [-0.4, -0.2) is 21.0 Å². The van der Waals surface area contributed by atoms with Crippen molar-refractivity contribution in [2.75, 3.05) is 0 Å². The van der Waals surface area contributed by atoms with Gasteiger partial charge in [-0.25, -0.2) is 4.98 Å². The maximum Gasteiger partial charge on any atom is 0.307 e. The number of imidazole rings is 1. The molecule has 4 heteroatoms. The first kappa shape index (κ1) is 8.47. The average molecular weight is 202 g/mol. The Hall–Kier alpha value is -1.84. The second kappa shape index (κ2) is 2.82. The molecule has 0 amide bonds. The zero-order chi connectivity index (χ0) is 10.4. The van der Waals surface area contributed by atoms with Gasteiger partial charge in [0.2, 0.25) is 0 Å². The standard InChI is InChI=1S/C11H10N2O2/c14-11(15)8-4-7(8)6-1-2-9-10(3-6)13-5-12-9/h1-3,5,7-8H,4H2,(H,12,13)(H,14,15). The number of H-pyrrole nitrogens is 1. The number of benzene rings is 1. The molecule has 2 unspecified atom stereocenters. The quantitative estimate of drug-likeness (QED) is 0.779. The Morgan fingerprint density at radius 1 is 1.53 bits per heavy atom. The van der Waals surface area contributed by atoms with Gasteiger partial charge in [0.25, 0.3) is 0 Å². The monoisotopic (exact) mass is 202 g/mol. The predicted molar refractivity (Wildman–Crippen MR) is 54.6 cm³/mol. The number of aromatic nitrogens is 2. The molecule has 1 aliphatic carbocycles. The lowest BCUT2D eigenvalue weighted by Crippen LogP contribution is -1.98. The van der Waals surface area contributed by atoms with E-state index in [1.807, 2.05) is 18.2 Å². The van der Waals surface area contributed by atoms with Gasteiger partial charge >= 0.3 is 5.97 Å². The first-order chi connectivity index (χ1) is 7.25. The SMILES string of the molecule is O=C(O)C1CC1c1ccc2nc[nH]c2c1. The van der Waals surface area contributed by atoms with Crippen LogP contribution in [0.1, 0.15) is 17.9 Å². The zero-order valence-corrected chi connectivity index (χ0v) is 7.97. The zero-order valence-electron chi connectivity index (χ0n) is 7.97. The summed E-state index contributed by atoms with van der Waals surface area (Å²) in [5.41, 5.74) is 2.99. The molecule has 0 radical (unpaired) electrons. The van der Waals surface area contributed by atoms with Crippen molar-refractivity contribution in [3.05, 3.63) is 30.1 Å². The fourth-order valence-electron chi connectivity index (χ4n) is 2.02. The van der Waals surface area contributed by atoms with Gasteiger partial charge in [-0.1, -0.05) is 6.07 Å². The second-order valence-electron chi connectivity index (χ2n) is 3.97. The van der Waals surface area contributed by atoms with Crippen molar-refractivity contribution >= 4 is 17.0 Å². The van der Waals surface area contributed by atoms with Crippen LogP contribution in [0, 0.1) is 5.92 Å². The van der Waals surface area contributed by atoms with Crippen molar-refractivity contribution in [2.45, 2.75) is 12.3 Å². The van der Waals surface area contributed by atoms with Gasteiger partial charge in [0.1, 0.15) is 0 Å². The highest BCUT2D eigenvalue weighted by Crippen LogP contribution is 2.47. The van der Waals surface area contributed by atoms with Gasteiger partial charge in [0.15, 0.2) is 0 Å². The molecular formula is C11H10N2O2. The number of aromatic amines is 1. The number of carboxylic acids is 1. The fourth-order valence-corrected chi connectivity index (χ4v) is 2.02. The lowest BCUT2D eigenvalue weighted by atomic mass is 10.1. The average Bonchev–Trinajstić information content (AvgIpc) is 2.89. The minimum Gasteiger partial charge on any atom is -0.481 e. The molecule has 1 saturated carbocycles. The molecule has 2 N–H and O–H groups in total. The number of hydrogen-bond acceptors (Lipinski definition) is 2. The molecular weight excluding hydrogens is 192 g/mol. The Bertz CT molecular complexity index is 532. The van der Waals surface area contributed by atoms with Crippen LogP contribution in [0.5, 0.6) is 0 Å². The first-order valence-electron chi connectivity index (χ1n) is 4.91. The fraction of sp³-hybridized carbons (Fsp3) is 0.273. The Balaban J connectivity index is 1.96. The van der Waals surface area contributed by atoms with Crippen LogP contribution in [0.2, 0.25) is 0 Å². The van der Waals surface area contributed by atoms with Crippen LogP contribution in [0.15, 0.2) is 24.5 Å². The summed E-state index contributed by atoms with van der Waals surface area (Å²) in [6, 6.07) is 5.89. The molecule has 4 nitrogen and oxygen atoms in total. The van der Waals surface area contributed by atoms with E-state index < -0.39 is 5.97 Å². The van der Waals surface area contributed by atoms with Crippen LogP contribution in [0.25, 0.3) is 11.0 Å². The molecule has 76 valence electrons. The number of fused-ring (bicyclic) bond motifs is 1. The topological polar surface area (TPSA) is 66.0 Å². The van der Waals surface area contributed by atoms with Crippen LogP contribution >= 0.6 is 0 Å². The number of aliphatic carboxylic acids is 1. The summed E-state index contributed by atoms with van der Waals surface area (Å²) in [4.78, 5) is 17.9. The van der Waals surface area contributed by atoms with E-state index in [0.717, 1.165) is 23.0 Å². The summed E-state index contributed by atoms with van der Waals surface area (Å²) in [5.74, 6) is -0.690. The van der Waals surface area contributed by atoms with E-state index in [-0.39, 0.29) is 11.8 Å². The van der Waals surface area contributed by atoms with Crippen LogP contribution in [0.3, 0.4) is 0 Å². The van der Waals surface area contributed by atoms with Crippen molar-refractivity contribution in [1.82, 2.24) is 9.97 Å². The number of rotatable bonds is 2. The first-order valence-corrected chi connectivity index (χ1v) is 4.91. The van der Waals surface area contributed by atoms with E-state index in [2.05, 4.69) is 9.97 Å². The smallest absolute Gasteiger partial charge is 0.307 e. The van der Waals surface area contributed by atoms with Gasteiger partial charge in [0.05, 0.1) is 23.3 Å². The molecule has 1 aliphatic rings. The molecule has 0 saturated heterocycles. The molecule has 1 aromatic carbocycles. The van der Waals surface area contributed by atoms with Gasteiger partial charge in [-0.15, -0.1) is 0 Å². The summed E-state index contributed by atoms with van der Waals surface area (Å²) in [6.07, 6.45) is 2.41. The van der Waals surface area contributed by atoms with Gasteiger partial charge in [-0.3, -0.25) is 4.79 Å². The highest BCUT2D eigenvalue weighted by Gasteiger charge is 2.44. The molecule has 3 rings (SSSR count). The Morgan fingerprint density at radius 3 is 3.13 bits per heavy atom. The Morgan fingerprint density at radius 2 is 2.40 bits per heavy atom. The summed E-state index contributed by atoms with van der Waals surface area (Å²) < 4.78 is 0. The second-order valence-corrected chi connectivity index (χ2v) is 3.97. The normalized spacial score (nSPS) is 24.3. The van der Waals surface area contributed by atoms with E-state index in [1.54, 1.807) is 6.33 Å². The van der Waals surface area contributed by atoms with Crippen LogP contribution in [-0.2, 0) is 4.79 Å². The van der Waals surface area contributed by atoms with Gasteiger partial charge in [-0.2, -0.15) is 0 Å². The third kappa shape index (κ3) is 1.29. The highest BCUT2D eigenvalue weighted by atomic mass is 16.4. The molecule has 0 spiro atoms. The molecule has 1 heterocycles. The van der Waals surface area contributed by atoms with Gasteiger partial charge in [-0.05, 0) is 30.0 Å². The molecule has 15 heavy (non-hydrogen) atoms. The van der Waals surface area contributed by atoms with E-state index in [1.165, 1.54) is 0 Å². The molecule has 1 aromatic heterocycles. The summed E-state index contributed by atoms with van der Waals surface area (Å²) >= 11 is 0. The van der Waals surface area contributed by atoms with Gasteiger partial charge < -0.3 is 10.1 Å². The van der Waals surface area contributed by atoms with Crippen LogP contribution in [0.4, 0.5) is 0 Å². The number of carboxylic acid groups (broad SMARTS) is 1. The maximum atomic E-state index is 10.7. The Kier molecular flexibility index (Phi) is 1.59. The van der Waals surface area contributed by atoms with E-state index in [9.17, 15) is 4.79 Å². The van der Waals surface area contributed by atoms with E-state index in [4.69, 9.17) is 5.11 Å². The predicted octanol–water partition coefficient (Wildman–Crippen LogP) is 1.75. The third-order valence-electron chi connectivity index (χ3n) is 2.98. The molecule has 0 aliphatic heterocycles. The number of nitrogens with zero attached hydrogens (tertiary/aromatic N) is 1. The third-order valence-corrected chi connectivity index (χ3v) is 2.98. The number of nitrogens with one attached hydrogen (secondary N) is 1. The van der Waals surface area contributed by atoms with Crippen molar-refractivity contribution in [2.24, 2.45) is 5.92 Å². The minimum absolute atomic E-state index is 0.189. The summed E-state index contributed by atoms with van der Waals surface area (Å²) in [6.45, 7) is 0. The lowest BCUT2D eigenvalue weighted by Gasteiger charge is -1.97. The molecule has 2 aromatic rings. The summed E-state index contributed by atoms with van der Waals surface area (Å²) in [5, 5.41) is 8.84. The van der Waals surface area contributed by atoms with Crippen molar-refractivity contribution in [1.29, 1.82) is 0 Å². The van der Waals surface area contributed by atoms with E-state index >= 15 is 0 Å². The molecule has 2 atom stereocenters. The molecule has 0 bridgehead atoms. The largest absolute Gasteiger partial charge is 0.481 e. The molecule has 1 fully saturated rings. The van der Waals surface area contributed by atoms with Gasteiger partial charge in [0, 0.05) is 0 Å². The Labute approximate surface area is 86.0 Å². The van der Waals surface area contributed by atoms with Crippen molar-refractivity contribution in [3.8, 4) is 0 Å². The highest BCUT2D eigenvalue weighted by molar-refractivity contribution is 5.78. The van der Waals surface area contributed by atoms with Crippen molar-refractivity contribution in [3.63, 3.8) is 0 Å². The van der Waals surface area contributed by atoms with Crippen molar-refractivity contribution < 1.29 is 9.90 Å². The van der Waals surface area contributed by atoms with E-state index in [0.29, 0.717) is 0 Å². The summed E-state index contributed by atoms with van der Waals surface area (Å²) in [7, 11) is 0. The lowest BCUT2D eigenvalue weighted by molar-refractivity contribution is -0.138. The maximum absolute atomic E-state index is 10.7. The number of hydrogen-bond donors (Lipinski definition) is 2. The number of carbonyl (C=O) groups is 1.